The van der Waals surface area contributed by atoms with Crippen LogP contribution in [0, 0.1) is 0 Å². The molecule has 2 heterocycles. The third kappa shape index (κ3) is 3.16. The van der Waals surface area contributed by atoms with Crippen LogP contribution in [0.1, 0.15) is 30.9 Å². The van der Waals surface area contributed by atoms with E-state index in [1.54, 1.807) is 12.7 Å². The topological polar surface area (TPSA) is 83.1 Å². The number of rotatable bonds is 6. The first kappa shape index (κ1) is 9.82. The molecular formula is C9H14N6. The van der Waals surface area contributed by atoms with Crippen LogP contribution in [0.2, 0.25) is 0 Å². The van der Waals surface area contributed by atoms with E-state index < -0.39 is 0 Å². The van der Waals surface area contributed by atoms with Crippen molar-refractivity contribution in [3.8, 4) is 0 Å². The Kier molecular flexibility index (Phi) is 3.43. The molecule has 6 heteroatoms. The van der Waals surface area contributed by atoms with Crippen molar-refractivity contribution in [3.05, 3.63) is 24.3 Å². The van der Waals surface area contributed by atoms with E-state index in [2.05, 4.69) is 30.4 Å². The summed E-state index contributed by atoms with van der Waals surface area (Å²) < 4.78 is 0. The lowest BCUT2D eigenvalue weighted by Gasteiger charge is -1.97. The van der Waals surface area contributed by atoms with Crippen LogP contribution >= 0.6 is 0 Å². The molecule has 0 aromatic carbocycles. The molecule has 2 aromatic rings. The molecule has 0 amide bonds. The second-order valence-corrected chi connectivity index (χ2v) is 3.42. The van der Waals surface area contributed by atoms with Crippen LogP contribution in [0.25, 0.3) is 0 Å². The van der Waals surface area contributed by atoms with Gasteiger partial charge in [-0.15, -0.1) is 0 Å². The first-order valence-corrected chi connectivity index (χ1v) is 5.13. The monoisotopic (exact) mass is 206 g/mol. The summed E-state index contributed by atoms with van der Waals surface area (Å²) in [6, 6.07) is 0. The minimum atomic E-state index is 0.967. The summed E-state index contributed by atoms with van der Waals surface area (Å²) in [6.07, 6.45) is 8.45. The van der Waals surface area contributed by atoms with Gasteiger partial charge in [0.15, 0.2) is 0 Å². The molecule has 0 saturated heterocycles. The van der Waals surface area contributed by atoms with Gasteiger partial charge in [0.2, 0.25) is 0 Å². The summed E-state index contributed by atoms with van der Waals surface area (Å²) in [6.45, 7) is 0. The minimum Gasteiger partial charge on any atom is -0.263 e. The summed E-state index contributed by atoms with van der Waals surface area (Å²) >= 11 is 0. The number of H-pyrrole nitrogens is 2. The summed E-state index contributed by atoms with van der Waals surface area (Å²) in [5.41, 5.74) is 0. The van der Waals surface area contributed by atoms with Crippen molar-refractivity contribution in [2.45, 2.75) is 32.1 Å². The van der Waals surface area contributed by atoms with Crippen LogP contribution in [-0.4, -0.2) is 30.4 Å². The number of nitrogens with one attached hydrogen (secondary N) is 2. The average Bonchev–Trinajstić information content (AvgIpc) is 2.88. The van der Waals surface area contributed by atoms with Gasteiger partial charge in [-0.25, -0.2) is 9.97 Å². The van der Waals surface area contributed by atoms with Gasteiger partial charge in [0.05, 0.1) is 0 Å². The third-order valence-electron chi connectivity index (χ3n) is 2.26. The summed E-state index contributed by atoms with van der Waals surface area (Å²) in [7, 11) is 0. The van der Waals surface area contributed by atoms with Crippen LogP contribution in [0.15, 0.2) is 12.7 Å². The average molecular weight is 206 g/mol. The van der Waals surface area contributed by atoms with E-state index in [-0.39, 0.29) is 0 Å². The number of hydrogen-bond acceptors (Lipinski definition) is 4. The molecule has 2 rings (SSSR count). The molecule has 0 atom stereocenters. The maximum Gasteiger partial charge on any atom is 0.137 e. The van der Waals surface area contributed by atoms with Crippen LogP contribution < -0.4 is 0 Å². The lowest BCUT2D eigenvalue weighted by atomic mass is 10.1. The molecular weight excluding hydrogens is 192 g/mol. The van der Waals surface area contributed by atoms with Gasteiger partial charge in [0, 0.05) is 12.8 Å². The highest BCUT2D eigenvalue weighted by molar-refractivity contribution is 4.81. The van der Waals surface area contributed by atoms with Crippen molar-refractivity contribution < 1.29 is 0 Å². The largest absolute Gasteiger partial charge is 0.263 e. The van der Waals surface area contributed by atoms with Crippen LogP contribution in [0.4, 0.5) is 0 Å². The molecule has 2 N–H and O–H groups in total. The normalized spacial score (nSPS) is 10.7. The predicted molar refractivity (Wildman–Crippen MR) is 54.0 cm³/mol. The lowest BCUT2D eigenvalue weighted by Crippen LogP contribution is -1.92. The Bertz CT molecular complexity index is 316. The molecule has 0 radical (unpaired) electrons. The Morgan fingerprint density at radius 3 is 1.73 bits per heavy atom. The van der Waals surface area contributed by atoms with Gasteiger partial charge in [0.25, 0.3) is 0 Å². The summed E-state index contributed by atoms with van der Waals surface area (Å²) in [5.74, 6) is 1.93. The molecule has 0 spiro atoms. The van der Waals surface area contributed by atoms with Crippen molar-refractivity contribution in [2.24, 2.45) is 0 Å². The highest BCUT2D eigenvalue weighted by atomic mass is 15.2. The second-order valence-electron chi connectivity index (χ2n) is 3.42. The first-order chi connectivity index (χ1) is 7.45. The van der Waals surface area contributed by atoms with Gasteiger partial charge in [-0.05, 0) is 12.8 Å². The van der Waals surface area contributed by atoms with E-state index in [0.717, 1.165) is 37.3 Å². The minimum absolute atomic E-state index is 0.967. The highest BCUT2D eigenvalue weighted by Gasteiger charge is 1.97. The van der Waals surface area contributed by atoms with E-state index in [4.69, 9.17) is 0 Å². The molecule has 0 bridgehead atoms. The zero-order chi connectivity index (χ0) is 10.3. The maximum absolute atomic E-state index is 4.07. The van der Waals surface area contributed by atoms with Gasteiger partial charge in [-0.3, -0.25) is 10.2 Å². The molecule has 15 heavy (non-hydrogen) atoms. The van der Waals surface area contributed by atoms with E-state index in [0.29, 0.717) is 0 Å². The van der Waals surface area contributed by atoms with Crippen molar-refractivity contribution in [2.75, 3.05) is 0 Å². The summed E-state index contributed by atoms with van der Waals surface area (Å²) in [4.78, 5) is 8.14. The number of aryl methyl sites for hydroxylation is 2. The number of unbranched alkanes of at least 4 members (excludes halogenated alkanes) is 2. The number of aromatic nitrogens is 6. The Hall–Kier alpha value is -1.72. The Labute approximate surface area is 87.5 Å². The van der Waals surface area contributed by atoms with Crippen LogP contribution in [-0.2, 0) is 12.8 Å². The van der Waals surface area contributed by atoms with Gasteiger partial charge in [-0.2, -0.15) is 10.2 Å². The van der Waals surface area contributed by atoms with E-state index in [1.165, 1.54) is 6.42 Å². The molecule has 0 fully saturated rings. The zero-order valence-corrected chi connectivity index (χ0v) is 8.48. The number of nitrogens with zero attached hydrogens (tertiary/aromatic N) is 4. The van der Waals surface area contributed by atoms with Crippen molar-refractivity contribution >= 4 is 0 Å². The quantitative estimate of drug-likeness (QED) is 0.687. The molecule has 0 saturated carbocycles. The predicted octanol–water partition coefficient (Wildman–Crippen LogP) is 0.878. The number of hydrogen-bond donors (Lipinski definition) is 2. The van der Waals surface area contributed by atoms with E-state index in [1.807, 2.05) is 0 Å². The van der Waals surface area contributed by atoms with Gasteiger partial charge < -0.3 is 0 Å². The lowest BCUT2D eigenvalue weighted by molar-refractivity contribution is 0.651. The fourth-order valence-corrected chi connectivity index (χ4v) is 1.46. The zero-order valence-electron chi connectivity index (χ0n) is 8.48. The van der Waals surface area contributed by atoms with E-state index >= 15 is 0 Å². The fraction of sp³-hybridized carbons (Fsp3) is 0.556. The molecule has 0 aliphatic carbocycles. The van der Waals surface area contributed by atoms with Crippen LogP contribution in [0.3, 0.4) is 0 Å². The smallest absolute Gasteiger partial charge is 0.137 e. The third-order valence-corrected chi connectivity index (χ3v) is 2.26. The molecule has 0 aliphatic rings. The Morgan fingerprint density at radius 1 is 0.800 bits per heavy atom. The van der Waals surface area contributed by atoms with Gasteiger partial charge in [-0.1, -0.05) is 6.42 Å². The molecule has 6 nitrogen and oxygen atoms in total. The number of aromatic amines is 2. The second kappa shape index (κ2) is 5.23. The van der Waals surface area contributed by atoms with Crippen molar-refractivity contribution in [1.82, 2.24) is 30.4 Å². The Balaban J connectivity index is 1.56. The first-order valence-electron chi connectivity index (χ1n) is 5.13. The van der Waals surface area contributed by atoms with Crippen LogP contribution in [0.5, 0.6) is 0 Å². The SMILES string of the molecule is c1n[nH]c(CCCCCc2ncn[nH]2)n1. The van der Waals surface area contributed by atoms with Crippen molar-refractivity contribution in [1.29, 1.82) is 0 Å². The highest BCUT2D eigenvalue weighted by Crippen LogP contribution is 2.04. The standard InChI is InChI=1S/C9H14N6/c1(2-4-8-10-6-12-14-8)3-5-9-11-7-13-15-9/h6-7H,1-5H2,(H,10,12,14)(H,11,13,15). The van der Waals surface area contributed by atoms with Gasteiger partial charge in [0.1, 0.15) is 24.3 Å². The van der Waals surface area contributed by atoms with E-state index in [9.17, 15) is 0 Å². The Morgan fingerprint density at radius 2 is 1.33 bits per heavy atom. The maximum atomic E-state index is 4.07. The fourth-order valence-electron chi connectivity index (χ4n) is 1.46. The molecule has 0 unspecified atom stereocenters. The van der Waals surface area contributed by atoms with Crippen molar-refractivity contribution in [3.63, 3.8) is 0 Å². The summed E-state index contributed by atoms with van der Waals surface area (Å²) in [5, 5.41) is 13.3. The molecule has 80 valence electrons. The van der Waals surface area contributed by atoms with Gasteiger partial charge >= 0.3 is 0 Å². The molecule has 2 aromatic heterocycles. The molecule has 0 aliphatic heterocycles.